The minimum absolute atomic E-state index is 0.0678. The van der Waals surface area contributed by atoms with Crippen molar-refractivity contribution in [2.45, 2.75) is 18.7 Å². The average Bonchev–Trinajstić information content (AvgIpc) is 2.39. The molecule has 1 aromatic rings. The van der Waals surface area contributed by atoms with Gasteiger partial charge in [0.2, 0.25) is 0 Å². The normalized spacial score (nSPS) is 10.1. The second-order valence-corrected chi connectivity index (χ2v) is 4.39. The molecule has 1 rings (SSSR count). The van der Waals surface area contributed by atoms with E-state index in [1.165, 1.54) is 0 Å². The molecule has 0 aliphatic heterocycles. The number of rotatable bonds is 5. The minimum Gasteiger partial charge on any atom is -0.497 e. The summed E-state index contributed by atoms with van der Waals surface area (Å²) in [6, 6.07) is 5.62. The molecule has 0 atom stereocenters. The van der Waals surface area contributed by atoms with E-state index in [2.05, 4.69) is 0 Å². The molecular formula is C13H19NO2S. The lowest BCUT2D eigenvalue weighted by molar-refractivity contribution is 0.0769. The maximum absolute atomic E-state index is 12.3. The number of methoxy groups -OCH3 is 1. The van der Waals surface area contributed by atoms with Crippen LogP contribution >= 0.6 is 11.8 Å². The number of carbonyl (C=O) groups is 1. The van der Waals surface area contributed by atoms with E-state index < -0.39 is 0 Å². The number of benzene rings is 1. The lowest BCUT2D eigenvalue weighted by Crippen LogP contribution is -2.30. The van der Waals surface area contributed by atoms with Crippen LogP contribution in [0.4, 0.5) is 0 Å². The van der Waals surface area contributed by atoms with Gasteiger partial charge in [-0.1, -0.05) is 0 Å². The second kappa shape index (κ2) is 6.55. The van der Waals surface area contributed by atoms with E-state index in [4.69, 9.17) is 4.74 Å². The molecule has 0 aromatic heterocycles. The van der Waals surface area contributed by atoms with Gasteiger partial charge in [0.1, 0.15) is 5.75 Å². The maximum Gasteiger partial charge on any atom is 0.255 e. The first-order valence-electron chi connectivity index (χ1n) is 5.69. The highest BCUT2D eigenvalue weighted by molar-refractivity contribution is 7.98. The Bertz CT molecular complexity index is 389. The fourth-order valence-corrected chi connectivity index (χ4v) is 2.23. The van der Waals surface area contributed by atoms with Crippen molar-refractivity contribution < 1.29 is 9.53 Å². The number of hydrogen-bond acceptors (Lipinski definition) is 3. The molecule has 0 radical (unpaired) electrons. The summed E-state index contributed by atoms with van der Waals surface area (Å²) in [5.41, 5.74) is 0.723. The van der Waals surface area contributed by atoms with E-state index in [0.717, 1.165) is 29.3 Å². The quantitative estimate of drug-likeness (QED) is 0.756. The molecule has 0 N–H and O–H groups in total. The van der Waals surface area contributed by atoms with Crippen LogP contribution in [0.25, 0.3) is 0 Å². The topological polar surface area (TPSA) is 29.5 Å². The van der Waals surface area contributed by atoms with Crippen molar-refractivity contribution in [3.05, 3.63) is 23.8 Å². The van der Waals surface area contributed by atoms with Crippen LogP contribution in [0.3, 0.4) is 0 Å². The number of carbonyl (C=O) groups excluding carboxylic acids is 1. The second-order valence-electron chi connectivity index (χ2n) is 3.54. The van der Waals surface area contributed by atoms with Crippen molar-refractivity contribution in [1.82, 2.24) is 4.90 Å². The molecule has 1 aromatic carbocycles. The smallest absolute Gasteiger partial charge is 0.255 e. The van der Waals surface area contributed by atoms with Gasteiger partial charge in [0.05, 0.1) is 12.7 Å². The molecular weight excluding hydrogens is 234 g/mol. The maximum atomic E-state index is 12.3. The van der Waals surface area contributed by atoms with Crippen LogP contribution in [-0.4, -0.2) is 37.3 Å². The van der Waals surface area contributed by atoms with Crippen molar-refractivity contribution in [3.8, 4) is 5.75 Å². The number of ether oxygens (including phenoxy) is 1. The van der Waals surface area contributed by atoms with Crippen LogP contribution in [0, 0.1) is 0 Å². The summed E-state index contributed by atoms with van der Waals surface area (Å²) in [6.07, 6.45) is 1.97. The molecule has 0 aliphatic carbocycles. The molecule has 0 saturated heterocycles. The Morgan fingerprint density at radius 3 is 2.47 bits per heavy atom. The third kappa shape index (κ3) is 3.16. The third-order valence-electron chi connectivity index (χ3n) is 2.69. The molecule has 1 amide bonds. The summed E-state index contributed by atoms with van der Waals surface area (Å²) in [7, 11) is 1.61. The lowest BCUT2D eigenvalue weighted by atomic mass is 10.2. The van der Waals surface area contributed by atoms with Gasteiger partial charge in [0, 0.05) is 18.0 Å². The van der Waals surface area contributed by atoms with Gasteiger partial charge in [-0.3, -0.25) is 4.79 Å². The van der Waals surface area contributed by atoms with Gasteiger partial charge in [-0.25, -0.2) is 0 Å². The summed E-state index contributed by atoms with van der Waals surface area (Å²) < 4.78 is 5.17. The largest absolute Gasteiger partial charge is 0.497 e. The molecule has 17 heavy (non-hydrogen) atoms. The first-order chi connectivity index (χ1) is 8.17. The van der Waals surface area contributed by atoms with Gasteiger partial charge in [0.25, 0.3) is 5.91 Å². The molecule has 0 heterocycles. The molecule has 0 spiro atoms. The van der Waals surface area contributed by atoms with E-state index >= 15 is 0 Å². The van der Waals surface area contributed by atoms with Crippen molar-refractivity contribution in [3.63, 3.8) is 0 Å². The first kappa shape index (κ1) is 13.9. The highest BCUT2D eigenvalue weighted by atomic mass is 32.2. The fraction of sp³-hybridized carbons (Fsp3) is 0.462. The van der Waals surface area contributed by atoms with Gasteiger partial charge in [-0.05, 0) is 38.3 Å². The predicted molar refractivity (Wildman–Crippen MR) is 72.0 cm³/mol. The zero-order valence-electron chi connectivity index (χ0n) is 10.8. The molecule has 0 fully saturated rings. The predicted octanol–water partition coefficient (Wildman–Crippen LogP) is 2.90. The molecule has 0 saturated carbocycles. The van der Waals surface area contributed by atoms with E-state index in [0.29, 0.717) is 0 Å². The van der Waals surface area contributed by atoms with Gasteiger partial charge < -0.3 is 9.64 Å². The van der Waals surface area contributed by atoms with E-state index in [-0.39, 0.29) is 5.91 Å². The summed E-state index contributed by atoms with van der Waals surface area (Å²) in [5.74, 6) is 0.788. The molecule has 4 heteroatoms. The molecule has 0 bridgehead atoms. The van der Waals surface area contributed by atoms with E-state index in [1.807, 2.05) is 43.2 Å². The van der Waals surface area contributed by atoms with E-state index in [1.54, 1.807) is 18.9 Å². The first-order valence-corrected chi connectivity index (χ1v) is 6.91. The summed E-state index contributed by atoms with van der Waals surface area (Å²) in [4.78, 5) is 15.1. The van der Waals surface area contributed by atoms with Gasteiger partial charge >= 0.3 is 0 Å². The minimum atomic E-state index is 0.0678. The van der Waals surface area contributed by atoms with Crippen molar-refractivity contribution in [2.24, 2.45) is 0 Å². The Balaban J connectivity index is 3.13. The Kier molecular flexibility index (Phi) is 5.35. The van der Waals surface area contributed by atoms with Crippen LogP contribution in [0.15, 0.2) is 23.1 Å². The Morgan fingerprint density at radius 2 is 2.00 bits per heavy atom. The van der Waals surface area contributed by atoms with Crippen LogP contribution in [0.5, 0.6) is 5.75 Å². The van der Waals surface area contributed by atoms with Gasteiger partial charge in [0.15, 0.2) is 0 Å². The monoisotopic (exact) mass is 253 g/mol. The Hall–Kier alpha value is -1.16. The lowest BCUT2D eigenvalue weighted by Gasteiger charge is -2.20. The molecule has 0 unspecified atom stereocenters. The van der Waals surface area contributed by atoms with Crippen LogP contribution < -0.4 is 4.74 Å². The number of thioether (sulfide) groups is 1. The summed E-state index contributed by atoms with van der Waals surface area (Å²) in [6.45, 7) is 5.42. The van der Waals surface area contributed by atoms with Crippen LogP contribution in [-0.2, 0) is 0 Å². The van der Waals surface area contributed by atoms with Crippen molar-refractivity contribution >= 4 is 17.7 Å². The Morgan fingerprint density at radius 1 is 1.35 bits per heavy atom. The summed E-state index contributed by atoms with van der Waals surface area (Å²) in [5, 5.41) is 0. The average molecular weight is 253 g/mol. The van der Waals surface area contributed by atoms with Crippen LogP contribution in [0.1, 0.15) is 24.2 Å². The fourth-order valence-electron chi connectivity index (χ4n) is 1.66. The van der Waals surface area contributed by atoms with Crippen LogP contribution in [0.2, 0.25) is 0 Å². The number of nitrogens with zero attached hydrogens (tertiary/aromatic N) is 1. The number of amides is 1. The number of hydrogen-bond donors (Lipinski definition) is 0. The van der Waals surface area contributed by atoms with Gasteiger partial charge in [-0.15, -0.1) is 11.8 Å². The highest BCUT2D eigenvalue weighted by Gasteiger charge is 2.16. The van der Waals surface area contributed by atoms with Gasteiger partial charge in [-0.2, -0.15) is 0 Å². The standard InChI is InChI=1S/C13H19NO2S/c1-5-14(6-2)13(15)11-9-10(16-3)7-8-12(11)17-4/h7-9H,5-6H2,1-4H3. The summed E-state index contributed by atoms with van der Waals surface area (Å²) >= 11 is 1.58. The zero-order valence-corrected chi connectivity index (χ0v) is 11.6. The zero-order chi connectivity index (χ0) is 12.8. The third-order valence-corrected chi connectivity index (χ3v) is 3.48. The highest BCUT2D eigenvalue weighted by Crippen LogP contribution is 2.26. The van der Waals surface area contributed by atoms with Crippen molar-refractivity contribution in [2.75, 3.05) is 26.5 Å². The molecule has 0 aliphatic rings. The molecule has 94 valence electrons. The van der Waals surface area contributed by atoms with E-state index in [9.17, 15) is 4.79 Å². The Labute approximate surface area is 107 Å². The SMILES string of the molecule is CCN(CC)C(=O)c1cc(OC)ccc1SC. The van der Waals surface area contributed by atoms with Crippen molar-refractivity contribution in [1.29, 1.82) is 0 Å². The molecule has 3 nitrogen and oxygen atoms in total.